The molecule has 0 saturated carbocycles. The van der Waals surface area contributed by atoms with Crippen molar-refractivity contribution in [2.45, 2.75) is 26.7 Å². The normalized spacial score (nSPS) is 10.6. The molecule has 0 aliphatic carbocycles. The van der Waals surface area contributed by atoms with Crippen molar-refractivity contribution in [3.05, 3.63) is 47.0 Å². The maximum atomic E-state index is 12.1. The van der Waals surface area contributed by atoms with Gasteiger partial charge < -0.3 is 0 Å². The summed E-state index contributed by atoms with van der Waals surface area (Å²) in [6.45, 7) is 3.94. The third kappa shape index (κ3) is 2.64. The first kappa shape index (κ1) is 12.5. The van der Waals surface area contributed by atoms with Crippen LogP contribution in [0.3, 0.4) is 0 Å². The number of nitrogens with zero attached hydrogens (tertiary/aromatic N) is 3. The zero-order valence-corrected chi connectivity index (χ0v) is 11.0. The number of pyridine rings is 1. The van der Waals surface area contributed by atoms with Crippen LogP contribution < -0.4 is 0 Å². The first-order valence-corrected chi connectivity index (χ1v) is 6.07. The van der Waals surface area contributed by atoms with Gasteiger partial charge in [-0.1, -0.05) is 6.92 Å². The quantitative estimate of drug-likeness (QED) is 0.773. The molecule has 0 bridgehead atoms. The van der Waals surface area contributed by atoms with Crippen molar-refractivity contribution >= 4 is 5.78 Å². The lowest BCUT2D eigenvalue weighted by atomic mass is 10.1. The van der Waals surface area contributed by atoms with Crippen molar-refractivity contribution in [1.29, 1.82) is 0 Å². The van der Waals surface area contributed by atoms with Gasteiger partial charge in [-0.25, -0.2) is 0 Å². The fraction of sp³-hybridized carbons (Fsp3) is 0.357. The van der Waals surface area contributed by atoms with Gasteiger partial charge in [-0.2, -0.15) is 5.10 Å². The largest absolute Gasteiger partial charge is 0.294 e. The Labute approximate surface area is 107 Å². The van der Waals surface area contributed by atoms with Crippen molar-refractivity contribution in [3.63, 3.8) is 0 Å². The molecule has 2 aromatic rings. The molecule has 0 aliphatic rings. The average Bonchev–Trinajstić information content (AvgIpc) is 2.70. The molecule has 94 valence electrons. The standard InChI is InChI=1S/C14H17N3O/c1-4-12-8-13(17(3)16-12)9-14(18)11-5-6-15-10(2)7-11/h5-8H,4,9H2,1-3H3. The highest BCUT2D eigenvalue weighted by atomic mass is 16.1. The number of ketones is 1. The van der Waals surface area contributed by atoms with E-state index < -0.39 is 0 Å². The van der Waals surface area contributed by atoms with Crippen LogP contribution in [-0.2, 0) is 19.9 Å². The second-order valence-electron chi connectivity index (χ2n) is 4.39. The zero-order valence-electron chi connectivity index (χ0n) is 11.0. The number of hydrogen-bond acceptors (Lipinski definition) is 3. The maximum absolute atomic E-state index is 12.1. The first-order chi connectivity index (χ1) is 8.60. The van der Waals surface area contributed by atoms with E-state index in [4.69, 9.17) is 0 Å². The Bertz CT molecular complexity index is 572. The van der Waals surface area contributed by atoms with E-state index in [-0.39, 0.29) is 5.78 Å². The van der Waals surface area contributed by atoms with Crippen LogP contribution in [-0.4, -0.2) is 20.5 Å². The van der Waals surface area contributed by atoms with Crippen molar-refractivity contribution in [2.75, 3.05) is 0 Å². The molecule has 0 radical (unpaired) electrons. The SMILES string of the molecule is CCc1cc(CC(=O)c2ccnc(C)c2)n(C)n1. The van der Waals surface area contributed by atoms with Crippen molar-refractivity contribution in [1.82, 2.24) is 14.8 Å². The fourth-order valence-corrected chi connectivity index (χ4v) is 1.90. The molecule has 0 aliphatic heterocycles. The van der Waals surface area contributed by atoms with Crippen LogP contribution >= 0.6 is 0 Å². The van der Waals surface area contributed by atoms with E-state index in [9.17, 15) is 4.79 Å². The molecule has 0 aromatic carbocycles. The van der Waals surface area contributed by atoms with Crippen molar-refractivity contribution in [3.8, 4) is 0 Å². The van der Waals surface area contributed by atoms with Crippen LogP contribution in [0.4, 0.5) is 0 Å². The minimum Gasteiger partial charge on any atom is -0.294 e. The van der Waals surface area contributed by atoms with Crippen LogP contribution in [0.5, 0.6) is 0 Å². The predicted molar refractivity (Wildman–Crippen MR) is 69.6 cm³/mol. The Morgan fingerprint density at radius 1 is 1.39 bits per heavy atom. The molecule has 0 amide bonds. The maximum Gasteiger partial charge on any atom is 0.168 e. The fourth-order valence-electron chi connectivity index (χ4n) is 1.90. The smallest absolute Gasteiger partial charge is 0.168 e. The van der Waals surface area contributed by atoms with Gasteiger partial charge >= 0.3 is 0 Å². The van der Waals surface area contributed by atoms with Gasteiger partial charge in [-0.3, -0.25) is 14.5 Å². The predicted octanol–water partition coefficient (Wildman–Crippen LogP) is 2.11. The van der Waals surface area contributed by atoms with E-state index in [0.29, 0.717) is 12.0 Å². The highest BCUT2D eigenvalue weighted by Gasteiger charge is 2.11. The van der Waals surface area contributed by atoms with E-state index in [1.165, 1.54) is 0 Å². The Hall–Kier alpha value is -1.97. The molecule has 4 nitrogen and oxygen atoms in total. The Balaban J connectivity index is 2.18. The van der Waals surface area contributed by atoms with Crippen LogP contribution in [0.1, 0.15) is 34.4 Å². The summed E-state index contributed by atoms with van der Waals surface area (Å²) in [5, 5.41) is 4.35. The van der Waals surface area contributed by atoms with E-state index in [2.05, 4.69) is 17.0 Å². The highest BCUT2D eigenvalue weighted by Crippen LogP contribution is 2.10. The molecule has 2 aromatic heterocycles. The summed E-state index contributed by atoms with van der Waals surface area (Å²) in [7, 11) is 1.87. The molecular weight excluding hydrogens is 226 g/mol. The molecule has 2 heterocycles. The molecule has 0 spiro atoms. The number of Topliss-reactive ketones (excluding diaryl/α,β-unsaturated/α-hetero) is 1. The summed E-state index contributed by atoms with van der Waals surface area (Å²) in [5.74, 6) is 0.103. The number of rotatable bonds is 4. The van der Waals surface area contributed by atoms with Gasteiger partial charge in [0.2, 0.25) is 0 Å². The van der Waals surface area contributed by atoms with Crippen LogP contribution in [0.25, 0.3) is 0 Å². The molecule has 0 fully saturated rings. The van der Waals surface area contributed by atoms with Crippen molar-refractivity contribution in [2.24, 2.45) is 7.05 Å². The van der Waals surface area contributed by atoms with E-state index in [1.54, 1.807) is 16.9 Å². The minimum atomic E-state index is 0.103. The van der Waals surface area contributed by atoms with Crippen LogP contribution in [0.15, 0.2) is 24.4 Å². The summed E-state index contributed by atoms with van der Waals surface area (Å²) < 4.78 is 1.78. The van der Waals surface area contributed by atoms with Gasteiger partial charge in [0.05, 0.1) is 12.1 Å². The topological polar surface area (TPSA) is 47.8 Å². The van der Waals surface area contributed by atoms with Gasteiger partial charge in [0.15, 0.2) is 5.78 Å². The van der Waals surface area contributed by atoms with Crippen LogP contribution in [0.2, 0.25) is 0 Å². The molecule has 0 N–H and O–H groups in total. The molecule has 4 heteroatoms. The molecule has 0 unspecified atom stereocenters. The van der Waals surface area contributed by atoms with E-state index >= 15 is 0 Å². The second-order valence-corrected chi connectivity index (χ2v) is 4.39. The van der Waals surface area contributed by atoms with Gasteiger partial charge in [-0.05, 0) is 31.5 Å². The molecule has 0 saturated heterocycles. The Morgan fingerprint density at radius 2 is 2.17 bits per heavy atom. The zero-order chi connectivity index (χ0) is 13.1. The summed E-state index contributed by atoms with van der Waals surface area (Å²) in [4.78, 5) is 16.2. The molecular formula is C14H17N3O. The Morgan fingerprint density at radius 3 is 2.78 bits per heavy atom. The minimum absolute atomic E-state index is 0.103. The van der Waals surface area contributed by atoms with Crippen LogP contribution in [0, 0.1) is 6.92 Å². The monoisotopic (exact) mass is 243 g/mol. The number of hydrogen-bond donors (Lipinski definition) is 0. The van der Waals surface area contributed by atoms with Gasteiger partial charge in [-0.15, -0.1) is 0 Å². The lowest BCUT2D eigenvalue weighted by Crippen LogP contribution is -2.08. The number of aryl methyl sites for hydroxylation is 3. The van der Waals surface area contributed by atoms with E-state index in [1.807, 2.05) is 26.1 Å². The average molecular weight is 243 g/mol. The number of carbonyl (C=O) groups excluding carboxylic acids is 1. The van der Waals surface area contributed by atoms with Gasteiger partial charge in [0.25, 0.3) is 0 Å². The summed E-state index contributed by atoms with van der Waals surface area (Å²) in [5.41, 5.74) is 3.54. The summed E-state index contributed by atoms with van der Waals surface area (Å²) >= 11 is 0. The van der Waals surface area contributed by atoms with Gasteiger partial charge in [0, 0.05) is 30.2 Å². The third-order valence-electron chi connectivity index (χ3n) is 2.95. The molecule has 18 heavy (non-hydrogen) atoms. The first-order valence-electron chi connectivity index (χ1n) is 6.07. The van der Waals surface area contributed by atoms with E-state index in [0.717, 1.165) is 23.5 Å². The lowest BCUT2D eigenvalue weighted by molar-refractivity contribution is 0.0990. The third-order valence-corrected chi connectivity index (χ3v) is 2.95. The van der Waals surface area contributed by atoms with Crippen molar-refractivity contribution < 1.29 is 4.79 Å². The second kappa shape index (κ2) is 5.12. The molecule has 0 atom stereocenters. The summed E-state index contributed by atoms with van der Waals surface area (Å²) in [6.07, 6.45) is 2.94. The highest BCUT2D eigenvalue weighted by molar-refractivity contribution is 5.97. The lowest BCUT2D eigenvalue weighted by Gasteiger charge is -2.02. The van der Waals surface area contributed by atoms with Gasteiger partial charge in [0.1, 0.15) is 0 Å². The number of aromatic nitrogens is 3. The Kier molecular flexibility index (Phi) is 3.55. The molecule has 2 rings (SSSR count). The summed E-state index contributed by atoms with van der Waals surface area (Å²) in [6, 6.07) is 5.57. The number of carbonyl (C=O) groups is 1.